The average Bonchev–Trinajstić information content (AvgIpc) is 2.21. The molecule has 0 aliphatic heterocycles. The van der Waals surface area contributed by atoms with E-state index in [4.69, 9.17) is 9.84 Å². The Morgan fingerprint density at radius 1 is 1.31 bits per heavy atom. The number of ether oxygens (including phenoxy) is 1. The molecule has 0 aromatic carbocycles. The summed E-state index contributed by atoms with van der Waals surface area (Å²) in [6, 6.07) is 0.709. The lowest BCUT2D eigenvalue weighted by Gasteiger charge is -2.35. The van der Waals surface area contributed by atoms with Crippen molar-refractivity contribution in [2.75, 3.05) is 13.7 Å². The fraction of sp³-hybridized carbons (Fsp3) is 0.917. The summed E-state index contributed by atoms with van der Waals surface area (Å²) < 4.78 is 5.31. The van der Waals surface area contributed by atoms with Crippen molar-refractivity contribution in [3.05, 3.63) is 0 Å². The van der Waals surface area contributed by atoms with E-state index in [-0.39, 0.29) is 12.5 Å². The molecule has 2 atom stereocenters. The highest BCUT2D eigenvalue weighted by molar-refractivity contribution is 5.66. The molecule has 96 valence electrons. The molecule has 0 aliphatic carbocycles. The fourth-order valence-electron chi connectivity index (χ4n) is 1.81. The number of rotatable bonds is 8. The molecular formula is C12H25NO3. The number of carboxylic acid groups (broad SMARTS) is 1. The molecule has 1 N–H and O–H groups in total. The van der Waals surface area contributed by atoms with Gasteiger partial charge in [-0.05, 0) is 40.7 Å². The van der Waals surface area contributed by atoms with Gasteiger partial charge in [0.25, 0.3) is 0 Å². The molecule has 0 aliphatic rings. The van der Waals surface area contributed by atoms with Crippen LogP contribution in [0, 0.1) is 0 Å². The summed E-state index contributed by atoms with van der Waals surface area (Å²) in [5.74, 6) is -0.726. The molecule has 0 amide bonds. The van der Waals surface area contributed by atoms with E-state index in [0.29, 0.717) is 18.5 Å². The Morgan fingerprint density at radius 3 is 2.25 bits per heavy atom. The number of carbonyl (C=O) groups is 1. The van der Waals surface area contributed by atoms with E-state index in [9.17, 15) is 4.79 Å². The Bertz CT molecular complexity index is 206. The van der Waals surface area contributed by atoms with Gasteiger partial charge in [0.15, 0.2) is 0 Å². The van der Waals surface area contributed by atoms with E-state index in [1.54, 1.807) is 7.11 Å². The zero-order valence-electron chi connectivity index (χ0n) is 11.1. The Kier molecular flexibility index (Phi) is 7.34. The molecule has 0 rings (SSSR count). The van der Waals surface area contributed by atoms with Crippen molar-refractivity contribution in [2.45, 2.75) is 58.7 Å². The van der Waals surface area contributed by atoms with Crippen molar-refractivity contribution in [1.82, 2.24) is 4.90 Å². The van der Waals surface area contributed by atoms with Gasteiger partial charge >= 0.3 is 5.97 Å². The summed E-state index contributed by atoms with van der Waals surface area (Å²) in [7, 11) is 1.71. The quantitative estimate of drug-likeness (QED) is 0.694. The minimum absolute atomic E-state index is 0.159. The summed E-state index contributed by atoms with van der Waals surface area (Å²) in [6.45, 7) is 9.21. The SMILES string of the molecule is COC(C)C(C)N(CCCC(=O)O)C(C)C. The van der Waals surface area contributed by atoms with Crippen molar-refractivity contribution in [3.8, 4) is 0 Å². The number of aliphatic carboxylic acids is 1. The highest BCUT2D eigenvalue weighted by atomic mass is 16.5. The van der Waals surface area contributed by atoms with Gasteiger partial charge in [0.05, 0.1) is 6.10 Å². The lowest BCUT2D eigenvalue weighted by atomic mass is 10.1. The standard InChI is InChI=1S/C12H25NO3/c1-9(2)13(8-6-7-12(14)15)10(3)11(4)16-5/h9-11H,6-8H2,1-5H3,(H,14,15). The van der Waals surface area contributed by atoms with Crippen LogP contribution < -0.4 is 0 Å². The van der Waals surface area contributed by atoms with E-state index in [1.807, 2.05) is 6.92 Å². The van der Waals surface area contributed by atoms with Gasteiger partial charge in [0.1, 0.15) is 0 Å². The molecule has 0 saturated heterocycles. The zero-order chi connectivity index (χ0) is 12.7. The Morgan fingerprint density at radius 2 is 1.88 bits per heavy atom. The van der Waals surface area contributed by atoms with Crippen LogP contribution in [-0.4, -0.2) is 47.8 Å². The van der Waals surface area contributed by atoms with Crippen LogP contribution in [0.25, 0.3) is 0 Å². The molecule has 0 bridgehead atoms. The molecule has 0 aromatic heterocycles. The highest BCUT2D eigenvalue weighted by Gasteiger charge is 2.21. The number of carboxylic acids is 1. The second-order valence-electron chi connectivity index (χ2n) is 4.51. The van der Waals surface area contributed by atoms with Gasteiger partial charge in [-0.3, -0.25) is 9.69 Å². The molecular weight excluding hydrogens is 206 g/mol. The second kappa shape index (κ2) is 7.63. The molecule has 0 radical (unpaired) electrons. The van der Waals surface area contributed by atoms with Gasteiger partial charge in [0.2, 0.25) is 0 Å². The molecule has 0 spiro atoms. The van der Waals surface area contributed by atoms with E-state index in [0.717, 1.165) is 6.54 Å². The van der Waals surface area contributed by atoms with Crippen molar-refractivity contribution >= 4 is 5.97 Å². The Labute approximate surface area is 98.6 Å². The topological polar surface area (TPSA) is 49.8 Å². The fourth-order valence-corrected chi connectivity index (χ4v) is 1.81. The van der Waals surface area contributed by atoms with Crippen molar-refractivity contribution in [2.24, 2.45) is 0 Å². The van der Waals surface area contributed by atoms with Gasteiger partial charge in [-0.25, -0.2) is 0 Å². The lowest BCUT2D eigenvalue weighted by molar-refractivity contribution is -0.137. The van der Waals surface area contributed by atoms with Crippen LogP contribution in [0.4, 0.5) is 0 Å². The van der Waals surface area contributed by atoms with Gasteiger partial charge < -0.3 is 9.84 Å². The molecule has 0 heterocycles. The first-order chi connectivity index (χ1) is 7.40. The first-order valence-corrected chi connectivity index (χ1v) is 5.90. The van der Waals surface area contributed by atoms with Crippen LogP contribution in [0.3, 0.4) is 0 Å². The highest BCUT2D eigenvalue weighted by Crippen LogP contribution is 2.12. The largest absolute Gasteiger partial charge is 0.481 e. The first kappa shape index (κ1) is 15.4. The Balaban J connectivity index is 4.21. The van der Waals surface area contributed by atoms with Crippen molar-refractivity contribution < 1.29 is 14.6 Å². The predicted molar refractivity (Wildman–Crippen MR) is 64.6 cm³/mol. The van der Waals surface area contributed by atoms with Crippen LogP contribution in [-0.2, 0) is 9.53 Å². The summed E-state index contributed by atoms with van der Waals surface area (Å²) in [5, 5.41) is 8.62. The maximum Gasteiger partial charge on any atom is 0.303 e. The third-order valence-electron chi connectivity index (χ3n) is 3.04. The summed E-state index contributed by atoms with van der Waals surface area (Å²) in [6.07, 6.45) is 1.08. The van der Waals surface area contributed by atoms with Crippen LogP contribution in [0.1, 0.15) is 40.5 Å². The molecule has 4 heteroatoms. The second-order valence-corrected chi connectivity index (χ2v) is 4.51. The van der Waals surface area contributed by atoms with Gasteiger partial charge in [0, 0.05) is 25.6 Å². The third-order valence-corrected chi connectivity index (χ3v) is 3.04. The van der Waals surface area contributed by atoms with Crippen LogP contribution in [0.15, 0.2) is 0 Å². The monoisotopic (exact) mass is 231 g/mol. The molecule has 0 fully saturated rings. The van der Waals surface area contributed by atoms with E-state index in [2.05, 4.69) is 25.7 Å². The smallest absolute Gasteiger partial charge is 0.303 e. The number of hydrogen-bond donors (Lipinski definition) is 1. The van der Waals surface area contributed by atoms with E-state index >= 15 is 0 Å². The predicted octanol–water partition coefficient (Wildman–Crippen LogP) is 1.98. The number of methoxy groups -OCH3 is 1. The van der Waals surface area contributed by atoms with Gasteiger partial charge in [-0.2, -0.15) is 0 Å². The maximum atomic E-state index is 10.5. The molecule has 4 nitrogen and oxygen atoms in total. The zero-order valence-corrected chi connectivity index (χ0v) is 11.1. The van der Waals surface area contributed by atoms with Crippen molar-refractivity contribution in [3.63, 3.8) is 0 Å². The van der Waals surface area contributed by atoms with Crippen LogP contribution in [0.2, 0.25) is 0 Å². The summed E-state index contributed by atoms with van der Waals surface area (Å²) >= 11 is 0. The van der Waals surface area contributed by atoms with E-state index < -0.39 is 5.97 Å². The van der Waals surface area contributed by atoms with E-state index in [1.165, 1.54) is 0 Å². The number of hydrogen-bond acceptors (Lipinski definition) is 3. The molecule has 2 unspecified atom stereocenters. The first-order valence-electron chi connectivity index (χ1n) is 5.90. The van der Waals surface area contributed by atoms with Gasteiger partial charge in [-0.1, -0.05) is 0 Å². The molecule has 0 saturated carbocycles. The lowest BCUT2D eigenvalue weighted by Crippen LogP contribution is -2.45. The minimum atomic E-state index is -0.726. The van der Waals surface area contributed by atoms with Gasteiger partial charge in [-0.15, -0.1) is 0 Å². The normalized spacial score (nSPS) is 15.4. The molecule has 0 aromatic rings. The Hall–Kier alpha value is -0.610. The summed E-state index contributed by atoms with van der Waals surface area (Å²) in [5.41, 5.74) is 0. The maximum absolute atomic E-state index is 10.5. The third kappa shape index (κ3) is 5.47. The van der Waals surface area contributed by atoms with Crippen LogP contribution >= 0.6 is 0 Å². The number of nitrogens with zero attached hydrogens (tertiary/aromatic N) is 1. The average molecular weight is 231 g/mol. The van der Waals surface area contributed by atoms with Crippen LogP contribution in [0.5, 0.6) is 0 Å². The van der Waals surface area contributed by atoms with Crippen molar-refractivity contribution in [1.29, 1.82) is 0 Å². The molecule has 16 heavy (non-hydrogen) atoms. The minimum Gasteiger partial charge on any atom is -0.481 e. The summed E-state index contributed by atoms with van der Waals surface area (Å²) in [4.78, 5) is 12.8.